The van der Waals surface area contributed by atoms with Crippen LogP contribution >= 0.6 is 0 Å². The number of benzene rings is 1. The fourth-order valence-electron chi connectivity index (χ4n) is 1.80. The number of imidazole rings is 1. The maximum atomic E-state index is 11.5. The summed E-state index contributed by atoms with van der Waals surface area (Å²) in [6.45, 7) is 0.715. The Morgan fingerprint density at radius 1 is 1.46 bits per heavy atom. The maximum Gasteiger partial charge on any atom is 0.177 e. The van der Waals surface area contributed by atoms with E-state index < -0.39 is 0 Å². The fourth-order valence-corrected chi connectivity index (χ4v) is 1.80. The summed E-state index contributed by atoms with van der Waals surface area (Å²) in [7, 11) is 0. The average Bonchev–Trinajstić information content (AvgIpc) is 2.57. The molecule has 3 nitrogen and oxygen atoms in total. The Kier molecular flexibility index (Phi) is 1.15. The molecule has 0 atom stereocenters. The zero-order valence-corrected chi connectivity index (χ0v) is 6.95. The van der Waals surface area contributed by atoms with Gasteiger partial charge in [-0.05, 0) is 12.1 Å². The topological polar surface area (TPSA) is 34.9 Å². The van der Waals surface area contributed by atoms with Gasteiger partial charge in [0.2, 0.25) is 0 Å². The number of Topliss-reactive ketones (excluding diaryl/α,β-unsaturated/α-hetero) is 1. The van der Waals surface area contributed by atoms with Gasteiger partial charge in [-0.3, -0.25) is 4.79 Å². The number of hydrogen-bond acceptors (Lipinski definition) is 2. The summed E-state index contributed by atoms with van der Waals surface area (Å²) in [5.74, 6) is 0.215. The van der Waals surface area contributed by atoms with Crippen LogP contribution in [-0.4, -0.2) is 15.3 Å². The van der Waals surface area contributed by atoms with E-state index in [0.717, 1.165) is 16.6 Å². The Balaban J connectivity index is 2.52. The Bertz CT molecular complexity index is 499. The molecule has 0 N–H and O–H groups in total. The normalized spacial score (nSPS) is 15.2. The van der Waals surface area contributed by atoms with Gasteiger partial charge in [0.25, 0.3) is 0 Å². The summed E-state index contributed by atoms with van der Waals surface area (Å²) in [6, 6.07) is 5.63. The third kappa shape index (κ3) is 0.786. The minimum absolute atomic E-state index is 0.215. The highest BCUT2D eigenvalue weighted by molar-refractivity contribution is 6.07. The first-order chi connectivity index (χ1) is 6.36. The van der Waals surface area contributed by atoms with E-state index in [2.05, 4.69) is 11.3 Å². The predicted molar refractivity (Wildman–Crippen MR) is 47.5 cm³/mol. The van der Waals surface area contributed by atoms with Gasteiger partial charge in [0.1, 0.15) is 0 Å². The maximum absolute atomic E-state index is 11.5. The summed E-state index contributed by atoms with van der Waals surface area (Å²) >= 11 is 0. The van der Waals surface area contributed by atoms with Gasteiger partial charge in [-0.1, -0.05) is 6.07 Å². The number of carbonyl (C=O) groups excluding carboxylic acids is 1. The molecule has 63 valence electrons. The highest BCUT2D eigenvalue weighted by Gasteiger charge is 2.19. The van der Waals surface area contributed by atoms with Gasteiger partial charge >= 0.3 is 0 Å². The smallest absolute Gasteiger partial charge is 0.177 e. The molecule has 0 spiro atoms. The van der Waals surface area contributed by atoms with E-state index in [0.29, 0.717) is 13.0 Å². The van der Waals surface area contributed by atoms with Crippen LogP contribution in [0.2, 0.25) is 0 Å². The molecule has 3 heteroatoms. The molecule has 1 aromatic carbocycles. The Labute approximate surface area is 75.0 Å². The van der Waals surface area contributed by atoms with E-state index in [9.17, 15) is 4.79 Å². The molecule has 1 aliphatic heterocycles. The number of carbonyl (C=O) groups is 1. The number of rotatable bonds is 0. The Morgan fingerprint density at radius 3 is 3.31 bits per heavy atom. The van der Waals surface area contributed by atoms with Crippen molar-refractivity contribution in [2.24, 2.45) is 0 Å². The second-order valence-corrected chi connectivity index (χ2v) is 3.21. The van der Waals surface area contributed by atoms with Crippen LogP contribution in [0.15, 0.2) is 18.2 Å². The summed E-state index contributed by atoms with van der Waals surface area (Å²) in [5, 5.41) is 0. The van der Waals surface area contributed by atoms with E-state index in [1.54, 1.807) is 0 Å². The molecule has 0 saturated heterocycles. The van der Waals surface area contributed by atoms with Crippen molar-refractivity contribution < 1.29 is 4.79 Å². The van der Waals surface area contributed by atoms with Crippen LogP contribution in [0.3, 0.4) is 0 Å². The van der Waals surface area contributed by atoms with E-state index in [1.165, 1.54) is 0 Å². The van der Waals surface area contributed by atoms with E-state index in [1.807, 2.05) is 22.8 Å². The van der Waals surface area contributed by atoms with Crippen molar-refractivity contribution >= 4 is 16.8 Å². The standard InChI is InChI=1S/C10H7N2O/c13-9-4-5-12-6-11-8-3-1-2-7(9)10(8)12/h1-3H,4-5H2. The number of ketones is 1. The molecular weight excluding hydrogens is 164 g/mol. The highest BCUT2D eigenvalue weighted by atomic mass is 16.1. The molecule has 1 aromatic heterocycles. The van der Waals surface area contributed by atoms with Gasteiger partial charge in [-0.25, -0.2) is 4.98 Å². The first kappa shape index (κ1) is 6.83. The number of para-hydroxylation sites is 1. The largest absolute Gasteiger partial charge is 0.320 e. The lowest BCUT2D eigenvalue weighted by Gasteiger charge is -2.12. The van der Waals surface area contributed by atoms with Gasteiger partial charge in [0.15, 0.2) is 12.1 Å². The first-order valence-electron chi connectivity index (χ1n) is 4.26. The summed E-state index contributed by atoms with van der Waals surface area (Å²) in [6.07, 6.45) is 3.46. The van der Waals surface area contributed by atoms with Gasteiger partial charge < -0.3 is 4.57 Å². The Morgan fingerprint density at radius 2 is 2.38 bits per heavy atom. The lowest BCUT2D eigenvalue weighted by Crippen LogP contribution is -2.13. The minimum Gasteiger partial charge on any atom is -0.320 e. The van der Waals surface area contributed by atoms with Crippen molar-refractivity contribution in [3.05, 3.63) is 30.1 Å². The van der Waals surface area contributed by atoms with Crippen LogP contribution in [0, 0.1) is 6.33 Å². The second kappa shape index (κ2) is 2.19. The molecule has 2 heterocycles. The molecule has 2 aromatic rings. The van der Waals surface area contributed by atoms with Crippen LogP contribution in [0.25, 0.3) is 11.0 Å². The van der Waals surface area contributed by atoms with Gasteiger partial charge in [-0.15, -0.1) is 0 Å². The summed E-state index contributed by atoms with van der Waals surface area (Å²) < 4.78 is 1.92. The lowest BCUT2D eigenvalue weighted by molar-refractivity contribution is 0.0973. The zero-order chi connectivity index (χ0) is 8.84. The van der Waals surface area contributed by atoms with Gasteiger partial charge in [0, 0.05) is 18.5 Å². The van der Waals surface area contributed by atoms with Crippen LogP contribution in [0.4, 0.5) is 0 Å². The van der Waals surface area contributed by atoms with Crippen LogP contribution in [0.5, 0.6) is 0 Å². The number of aryl methyl sites for hydroxylation is 1. The van der Waals surface area contributed by atoms with Crippen LogP contribution < -0.4 is 0 Å². The molecule has 1 aliphatic rings. The molecule has 0 aliphatic carbocycles. The number of nitrogens with zero attached hydrogens (tertiary/aromatic N) is 2. The molecule has 1 radical (unpaired) electrons. The van der Waals surface area contributed by atoms with Crippen molar-refractivity contribution in [1.82, 2.24) is 9.55 Å². The molecule has 0 unspecified atom stereocenters. The van der Waals surface area contributed by atoms with E-state index in [4.69, 9.17) is 0 Å². The second-order valence-electron chi connectivity index (χ2n) is 3.21. The van der Waals surface area contributed by atoms with Crippen molar-refractivity contribution in [1.29, 1.82) is 0 Å². The van der Waals surface area contributed by atoms with Crippen molar-refractivity contribution in [2.75, 3.05) is 0 Å². The zero-order valence-electron chi connectivity index (χ0n) is 6.95. The molecule has 0 fully saturated rings. The summed E-state index contributed by atoms with van der Waals surface area (Å²) in [5.41, 5.74) is 2.60. The van der Waals surface area contributed by atoms with Crippen LogP contribution in [0.1, 0.15) is 16.8 Å². The average molecular weight is 171 g/mol. The molecular formula is C10H7N2O. The molecule has 0 amide bonds. The first-order valence-corrected chi connectivity index (χ1v) is 4.26. The van der Waals surface area contributed by atoms with Crippen LogP contribution in [-0.2, 0) is 6.54 Å². The van der Waals surface area contributed by atoms with E-state index >= 15 is 0 Å². The third-order valence-electron chi connectivity index (χ3n) is 2.44. The van der Waals surface area contributed by atoms with Crippen molar-refractivity contribution in [2.45, 2.75) is 13.0 Å². The molecule has 0 bridgehead atoms. The lowest BCUT2D eigenvalue weighted by atomic mass is 10.0. The molecule has 0 saturated carbocycles. The van der Waals surface area contributed by atoms with Gasteiger partial charge in [0.05, 0.1) is 11.0 Å². The SMILES string of the molecule is O=C1CCn2[c]nc3cccc1c32. The van der Waals surface area contributed by atoms with Crippen molar-refractivity contribution in [3.63, 3.8) is 0 Å². The summed E-state index contributed by atoms with van der Waals surface area (Å²) in [4.78, 5) is 15.6. The number of hydrogen-bond donors (Lipinski definition) is 0. The molecule has 3 rings (SSSR count). The molecule has 13 heavy (non-hydrogen) atoms. The third-order valence-corrected chi connectivity index (χ3v) is 2.44. The number of aromatic nitrogens is 2. The van der Waals surface area contributed by atoms with E-state index in [-0.39, 0.29) is 5.78 Å². The predicted octanol–water partition coefficient (Wildman–Crippen LogP) is 1.42. The highest BCUT2D eigenvalue weighted by Crippen LogP contribution is 2.23. The van der Waals surface area contributed by atoms with Gasteiger partial charge in [-0.2, -0.15) is 0 Å². The fraction of sp³-hybridized carbons (Fsp3) is 0.200. The quantitative estimate of drug-likeness (QED) is 0.600. The monoisotopic (exact) mass is 171 g/mol. The van der Waals surface area contributed by atoms with Crippen molar-refractivity contribution in [3.8, 4) is 0 Å². The Hall–Kier alpha value is -1.64. The minimum atomic E-state index is 0.215.